The third kappa shape index (κ3) is 5.44. The molecular weight excluding hydrogens is 292 g/mol. The Hall–Kier alpha value is -1.46. The van der Waals surface area contributed by atoms with Crippen molar-refractivity contribution in [2.24, 2.45) is 0 Å². The van der Waals surface area contributed by atoms with E-state index in [1.165, 1.54) is 13.2 Å². The van der Waals surface area contributed by atoms with Gasteiger partial charge in [0.05, 0.1) is 13.2 Å². The molecule has 21 heavy (non-hydrogen) atoms. The van der Waals surface area contributed by atoms with Crippen LogP contribution in [0.3, 0.4) is 0 Å². The lowest BCUT2D eigenvalue weighted by Gasteiger charge is -2.24. The van der Waals surface area contributed by atoms with Crippen LogP contribution in [0.4, 0.5) is 0 Å². The van der Waals surface area contributed by atoms with Gasteiger partial charge in [0.1, 0.15) is 0 Å². The van der Waals surface area contributed by atoms with E-state index in [4.69, 9.17) is 16.3 Å². The molecule has 0 spiro atoms. The number of nitrogens with one attached hydrogen (secondary N) is 2. The van der Waals surface area contributed by atoms with E-state index in [1.807, 2.05) is 20.8 Å². The van der Waals surface area contributed by atoms with Gasteiger partial charge in [-0.2, -0.15) is 0 Å². The van der Waals surface area contributed by atoms with Crippen LogP contribution in [0.15, 0.2) is 12.1 Å². The zero-order chi connectivity index (χ0) is 16.2. The van der Waals surface area contributed by atoms with Crippen LogP contribution in [0.1, 0.15) is 33.3 Å². The summed E-state index contributed by atoms with van der Waals surface area (Å²) in [4.78, 5) is 12.0. The minimum atomic E-state index is -0.395. The number of methoxy groups -OCH3 is 1. The smallest absolute Gasteiger partial charge is 0.237 e. The number of hydrogen-bond donors (Lipinski definition) is 3. The number of benzene rings is 1. The molecule has 0 aliphatic heterocycles. The lowest BCUT2D eigenvalue weighted by Crippen LogP contribution is -2.49. The van der Waals surface area contributed by atoms with Crippen LogP contribution >= 0.6 is 11.6 Å². The zero-order valence-corrected chi connectivity index (χ0v) is 13.8. The van der Waals surface area contributed by atoms with E-state index in [0.717, 1.165) is 0 Å². The van der Waals surface area contributed by atoms with Gasteiger partial charge in [-0.25, -0.2) is 0 Å². The molecule has 1 atom stereocenters. The Labute approximate surface area is 130 Å². The molecule has 0 bridgehead atoms. The summed E-state index contributed by atoms with van der Waals surface area (Å²) in [5.74, 6) is 0.236. The molecule has 0 saturated carbocycles. The number of halogens is 1. The second kappa shape index (κ2) is 7.00. The monoisotopic (exact) mass is 314 g/mol. The molecule has 1 rings (SSSR count). The van der Waals surface area contributed by atoms with Gasteiger partial charge >= 0.3 is 0 Å². The molecule has 3 N–H and O–H groups in total. The summed E-state index contributed by atoms with van der Waals surface area (Å²) >= 11 is 5.97. The predicted octanol–water partition coefficient (Wildman–Crippen LogP) is 2.45. The largest absolute Gasteiger partial charge is 0.504 e. The normalized spacial score (nSPS) is 12.9. The number of carbonyl (C=O) groups excluding carboxylic acids is 1. The van der Waals surface area contributed by atoms with Crippen LogP contribution in [0.2, 0.25) is 5.02 Å². The van der Waals surface area contributed by atoms with Crippen molar-refractivity contribution in [1.29, 1.82) is 0 Å². The molecule has 118 valence electrons. The molecule has 1 aromatic carbocycles. The summed E-state index contributed by atoms with van der Waals surface area (Å²) in [7, 11) is 1.46. The van der Waals surface area contributed by atoms with Crippen molar-refractivity contribution in [1.82, 2.24) is 10.6 Å². The Bertz CT molecular complexity index is 512. The first kappa shape index (κ1) is 17.6. The molecule has 1 unspecified atom stereocenters. The first-order chi connectivity index (χ1) is 9.64. The fraction of sp³-hybridized carbons (Fsp3) is 0.533. The molecule has 0 radical (unpaired) electrons. The van der Waals surface area contributed by atoms with Crippen molar-refractivity contribution in [3.05, 3.63) is 22.7 Å². The topological polar surface area (TPSA) is 70.6 Å². The van der Waals surface area contributed by atoms with Crippen molar-refractivity contribution < 1.29 is 14.6 Å². The molecule has 1 amide bonds. The van der Waals surface area contributed by atoms with Crippen molar-refractivity contribution in [2.75, 3.05) is 7.11 Å². The Balaban J connectivity index is 2.71. The second-order valence-corrected chi connectivity index (χ2v) is 6.39. The first-order valence-corrected chi connectivity index (χ1v) is 7.12. The van der Waals surface area contributed by atoms with Crippen molar-refractivity contribution >= 4 is 17.5 Å². The Morgan fingerprint density at radius 3 is 2.57 bits per heavy atom. The van der Waals surface area contributed by atoms with Crippen molar-refractivity contribution in [3.8, 4) is 11.5 Å². The molecule has 0 saturated heterocycles. The highest BCUT2D eigenvalue weighted by molar-refractivity contribution is 6.30. The summed E-state index contributed by atoms with van der Waals surface area (Å²) in [5.41, 5.74) is 0.295. The number of hydrogen-bond acceptors (Lipinski definition) is 4. The Morgan fingerprint density at radius 2 is 2.05 bits per heavy atom. The number of rotatable bonds is 5. The number of ether oxygens (including phenoxy) is 1. The highest BCUT2D eigenvalue weighted by Crippen LogP contribution is 2.33. The second-order valence-electron chi connectivity index (χ2n) is 5.96. The van der Waals surface area contributed by atoms with Gasteiger partial charge in [0.2, 0.25) is 5.91 Å². The van der Waals surface area contributed by atoms with Gasteiger partial charge in [-0.05, 0) is 33.8 Å². The highest BCUT2D eigenvalue weighted by Gasteiger charge is 2.19. The summed E-state index contributed by atoms with van der Waals surface area (Å²) < 4.78 is 5.05. The van der Waals surface area contributed by atoms with E-state index in [-0.39, 0.29) is 17.2 Å². The van der Waals surface area contributed by atoms with Crippen molar-refractivity contribution in [3.63, 3.8) is 0 Å². The van der Waals surface area contributed by atoms with E-state index in [0.29, 0.717) is 22.9 Å². The molecule has 0 heterocycles. The third-order valence-electron chi connectivity index (χ3n) is 2.83. The van der Waals surface area contributed by atoms with Gasteiger partial charge in [-0.1, -0.05) is 11.6 Å². The summed E-state index contributed by atoms with van der Waals surface area (Å²) in [5, 5.41) is 16.4. The molecule has 0 aliphatic carbocycles. The van der Waals surface area contributed by atoms with E-state index in [9.17, 15) is 9.90 Å². The van der Waals surface area contributed by atoms with Crippen LogP contribution in [0.5, 0.6) is 11.5 Å². The maximum Gasteiger partial charge on any atom is 0.237 e. The SMILES string of the molecule is COc1cc(Cl)cc(CNC(C)C(=O)NC(C)(C)C)c1O. The minimum Gasteiger partial charge on any atom is -0.504 e. The molecule has 1 aromatic rings. The average molecular weight is 315 g/mol. The van der Waals surface area contributed by atoms with Crippen LogP contribution in [-0.4, -0.2) is 29.7 Å². The lowest BCUT2D eigenvalue weighted by molar-refractivity contribution is -0.124. The minimum absolute atomic E-state index is 0.0258. The molecule has 0 aromatic heterocycles. The highest BCUT2D eigenvalue weighted by atomic mass is 35.5. The Kier molecular flexibility index (Phi) is 5.87. The maximum atomic E-state index is 12.0. The van der Waals surface area contributed by atoms with Gasteiger partial charge in [0.25, 0.3) is 0 Å². The Morgan fingerprint density at radius 1 is 1.43 bits per heavy atom. The van der Waals surface area contributed by atoms with Crippen LogP contribution in [-0.2, 0) is 11.3 Å². The quantitative estimate of drug-likeness (QED) is 0.780. The van der Waals surface area contributed by atoms with Crippen LogP contribution in [0, 0.1) is 0 Å². The van der Waals surface area contributed by atoms with Gasteiger partial charge in [0, 0.05) is 28.7 Å². The summed E-state index contributed by atoms with van der Waals surface area (Å²) in [6.45, 7) is 7.84. The maximum absolute atomic E-state index is 12.0. The van der Waals surface area contributed by atoms with E-state index < -0.39 is 6.04 Å². The lowest BCUT2D eigenvalue weighted by atomic mass is 10.1. The number of amides is 1. The van der Waals surface area contributed by atoms with Gasteiger partial charge < -0.3 is 20.5 Å². The van der Waals surface area contributed by atoms with Crippen LogP contribution < -0.4 is 15.4 Å². The number of phenols is 1. The summed E-state index contributed by atoms with van der Waals surface area (Å²) in [6.07, 6.45) is 0. The molecular formula is C15H23ClN2O3. The summed E-state index contributed by atoms with van der Waals surface area (Å²) in [6, 6.07) is 2.78. The molecule has 0 fully saturated rings. The van der Waals surface area contributed by atoms with Gasteiger partial charge in [-0.15, -0.1) is 0 Å². The fourth-order valence-corrected chi connectivity index (χ4v) is 1.98. The van der Waals surface area contributed by atoms with Crippen molar-refractivity contribution in [2.45, 2.75) is 45.8 Å². The van der Waals surface area contributed by atoms with E-state index in [1.54, 1.807) is 13.0 Å². The van der Waals surface area contributed by atoms with E-state index >= 15 is 0 Å². The number of phenolic OH excluding ortho intramolecular Hbond substituents is 1. The van der Waals surface area contributed by atoms with Gasteiger partial charge in [-0.3, -0.25) is 4.79 Å². The number of carbonyl (C=O) groups is 1. The van der Waals surface area contributed by atoms with E-state index in [2.05, 4.69) is 10.6 Å². The molecule has 6 heteroatoms. The van der Waals surface area contributed by atoms with Gasteiger partial charge in [0.15, 0.2) is 11.5 Å². The standard InChI is InChI=1S/C15H23ClN2O3/c1-9(14(20)18-15(2,3)4)17-8-10-6-11(16)7-12(21-5)13(10)19/h6-7,9,17,19H,8H2,1-5H3,(H,18,20). The fourth-order valence-electron chi connectivity index (χ4n) is 1.75. The number of aromatic hydroxyl groups is 1. The zero-order valence-electron chi connectivity index (χ0n) is 13.1. The third-order valence-corrected chi connectivity index (χ3v) is 3.05. The first-order valence-electron chi connectivity index (χ1n) is 6.75. The predicted molar refractivity (Wildman–Crippen MR) is 83.9 cm³/mol. The van der Waals surface area contributed by atoms with Crippen LogP contribution in [0.25, 0.3) is 0 Å². The molecule has 0 aliphatic rings. The molecule has 5 nitrogen and oxygen atoms in total. The average Bonchev–Trinajstić information content (AvgIpc) is 2.36.